The molecule has 4 nitrogen and oxygen atoms in total. The maximum Gasteiger partial charge on any atom is 0.373 e. The van der Waals surface area contributed by atoms with Crippen LogP contribution in [0.2, 0.25) is 6.82 Å². The minimum atomic E-state index is -0.448. The molecule has 0 aromatic heterocycles. The average Bonchev–Trinajstić information content (AvgIpc) is 2.17. The molecule has 1 rings (SSSR count). The van der Waals surface area contributed by atoms with Crippen molar-refractivity contribution in [1.82, 2.24) is 10.1 Å². The number of carbonyl (C=O) groups is 1. The lowest BCUT2D eigenvalue weighted by Crippen LogP contribution is -2.43. The van der Waals surface area contributed by atoms with E-state index in [0.29, 0.717) is 6.04 Å². The Kier molecular flexibility index (Phi) is 4.60. The van der Waals surface area contributed by atoms with Gasteiger partial charge in [-0.25, -0.2) is 0 Å². The van der Waals surface area contributed by atoms with Crippen LogP contribution in [0.25, 0.3) is 0 Å². The first-order valence-corrected chi connectivity index (χ1v) is 5.66. The maximum absolute atomic E-state index is 11.7. The van der Waals surface area contributed by atoms with Gasteiger partial charge in [0.05, 0.1) is 0 Å². The van der Waals surface area contributed by atoms with Crippen molar-refractivity contribution in [1.29, 1.82) is 0 Å². The van der Waals surface area contributed by atoms with Crippen molar-refractivity contribution in [2.24, 2.45) is 5.92 Å². The molecule has 1 aliphatic carbocycles. The van der Waals surface area contributed by atoms with E-state index < -0.39 is 7.05 Å². The van der Waals surface area contributed by atoms with Crippen LogP contribution in [0, 0.1) is 5.92 Å². The Morgan fingerprint density at radius 1 is 1.33 bits per heavy atom. The van der Waals surface area contributed by atoms with Crippen LogP contribution in [0.5, 0.6) is 0 Å². The minimum Gasteiger partial charge on any atom is -0.437 e. The summed E-state index contributed by atoms with van der Waals surface area (Å²) >= 11 is 0. The summed E-state index contributed by atoms with van der Waals surface area (Å²) < 4.78 is 0. The quantitative estimate of drug-likeness (QED) is 0.663. The monoisotopic (exact) mass is 212 g/mol. The highest BCUT2D eigenvalue weighted by Gasteiger charge is 2.27. The smallest absolute Gasteiger partial charge is 0.373 e. The van der Waals surface area contributed by atoms with Gasteiger partial charge in [-0.3, -0.25) is 4.79 Å². The summed E-state index contributed by atoms with van der Waals surface area (Å²) in [5.74, 6) is 0.428. The van der Waals surface area contributed by atoms with E-state index in [1.807, 2.05) is 14.1 Å². The highest BCUT2D eigenvalue weighted by Crippen LogP contribution is 2.25. The number of rotatable bonds is 3. The molecule has 0 atom stereocenters. The number of hydrogen-bond donors (Lipinski definition) is 2. The first kappa shape index (κ1) is 12.5. The molecule has 1 saturated carbocycles. The third kappa shape index (κ3) is 3.84. The average molecular weight is 212 g/mol. The molecule has 1 amide bonds. The van der Waals surface area contributed by atoms with Gasteiger partial charge < -0.3 is 15.2 Å². The first-order valence-electron chi connectivity index (χ1n) is 5.66. The van der Waals surface area contributed by atoms with Gasteiger partial charge in [0.2, 0.25) is 5.91 Å². The molecule has 1 aliphatic rings. The van der Waals surface area contributed by atoms with Crippen molar-refractivity contribution in [3.05, 3.63) is 0 Å². The van der Waals surface area contributed by atoms with Crippen LogP contribution < -0.4 is 5.23 Å². The number of nitrogens with one attached hydrogen (secondary N) is 1. The van der Waals surface area contributed by atoms with Gasteiger partial charge in [0.1, 0.15) is 0 Å². The summed E-state index contributed by atoms with van der Waals surface area (Å²) in [6.45, 7) is 1.73. The van der Waals surface area contributed by atoms with Gasteiger partial charge in [-0.2, -0.15) is 0 Å². The Labute approximate surface area is 92.2 Å². The van der Waals surface area contributed by atoms with Crippen LogP contribution in [-0.2, 0) is 4.79 Å². The molecular weight excluding hydrogens is 191 g/mol. The van der Waals surface area contributed by atoms with Gasteiger partial charge in [-0.05, 0) is 38.5 Å². The van der Waals surface area contributed by atoms with E-state index >= 15 is 0 Å². The largest absolute Gasteiger partial charge is 0.437 e. The van der Waals surface area contributed by atoms with Gasteiger partial charge in [0, 0.05) is 20.0 Å². The summed E-state index contributed by atoms with van der Waals surface area (Å²) in [6.07, 6.45) is 3.83. The van der Waals surface area contributed by atoms with Gasteiger partial charge in [0.15, 0.2) is 0 Å². The molecule has 15 heavy (non-hydrogen) atoms. The molecule has 0 aromatic carbocycles. The van der Waals surface area contributed by atoms with Gasteiger partial charge in [0.25, 0.3) is 0 Å². The van der Waals surface area contributed by atoms with Crippen LogP contribution in [0.15, 0.2) is 0 Å². The second kappa shape index (κ2) is 5.51. The molecule has 0 bridgehead atoms. The summed E-state index contributed by atoms with van der Waals surface area (Å²) in [5, 5.41) is 12.3. The highest BCUT2D eigenvalue weighted by atomic mass is 16.2. The van der Waals surface area contributed by atoms with Crippen molar-refractivity contribution in [3.8, 4) is 0 Å². The number of hydrogen-bond acceptors (Lipinski definition) is 3. The van der Waals surface area contributed by atoms with E-state index in [1.54, 1.807) is 11.7 Å². The Bertz CT molecular complexity index is 213. The van der Waals surface area contributed by atoms with E-state index in [0.717, 1.165) is 25.7 Å². The Morgan fingerprint density at radius 2 is 1.87 bits per heavy atom. The maximum atomic E-state index is 11.7. The van der Waals surface area contributed by atoms with Crippen molar-refractivity contribution in [3.63, 3.8) is 0 Å². The third-order valence-electron chi connectivity index (χ3n) is 2.99. The SMILES string of the molecule is CB(O)N[C@H]1CC[C@H](C(=O)N(C)C)CC1. The predicted octanol–water partition coefficient (Wildman–Crippen LogP) is 0.333. The zero-order valence-electron chi connectivity index (χ0n) is 9.86. The van der Waals surface area contributed by atoms with Crippen molar-refractivity contribution >= 4 is 13.0 Å². The summed E-state index contributed by atoms with van der Waals surface area (Å²) in [4.78, 5) is 13.4. The lowest BCUT2D eigenvalue weighted by atomic mass is 9.80. The van der Waals surface area contributed by atoms with Crippen molar-refractivity contribution < 1.29 is 9.82 Å². The molecule has 0 heterocycles. The summed E-state index contributed by atoms with van der Waals surface area (Å²) in [7, 11) is 3.17. The fourth-order valence-corrected chi connectivity index (χ4v) is 2.21. The predicted molar refractivity (Wildman–Crippen MR) is 61.4 cm³/mol. The van der Waals surface area contributed by atoms with E-state index in [1.165, 1.54) is 0 Å². The Hall–Kier alpha value is -0.545. The topological polar surface area (TPSA) is 52.6 Å². The van der Waals surface area contributed by atoms with Gasteiger partial charge in [-0.1, -0.05) is 0 Å². The Balaban J connectivity index is 2.32. The van der Waals surface area contributed by atoms with Gasteiger partial charge in [-0.15, -0.1) is 0 Å². The standard InChI is InChI=1S/C10H21BN2O2/c1-11(15)12-9-6-4-8(5-7-9)10(14)13(2)3/h8-9,12,15H,4-7H2,1-3H3/t8-,9-. The lowest BCUT2D eigenvalue weighted by Gasteiger charge is -2.30. The molecular formula is C10H21BN2O2. The summed E-state index contributed by atoms with van der Waals surface area (Å²) in [6, 6.07) is 0.371. The zero-order valence-corrected chi connectivity index (χ0v) is 9.86. The minimum absolute atomic E-state index is 0.187. The molecule has 1 fully saturated rings. The number of carbonyl (C=O) groups excluding carboxylic acids is 1. The number of amides is 1. The molecule has 0 saturated heterocycles. The van der Waals surface area contributed by atoms with Crippen LogP contribution >= 0.6 is 0 Å². The van der Waals surface area contributed by atoms with E-state index in [4.69, 9.17) is 0 Å². The van der Waals surface area contributed by atoms with E-state index in [-0.39, 0.29) is 11.8 Å². The molecule has 0 radical (unpaired) electrons. The lowest BCUT2D eigenvalue weighted by molar-refractivity contribution is -0.134. The fraction of sp³-hybridized carbons (Fsp3) is 0.900. The second-order valence-electron chi connectivity index (χ2n) is 4.62. The van der Waals surface area contributed by atoms with Crippen molar-refractivity contribution in [2.75, 3.05) is 14.1 Å². The Morgan fingerprint density at radius 3 is 2.27 bits per heavy atom. The molecule has 0 aromatic rings. The van der Waals surface area contributed by atoms with Gasteiger partial charge >= 0.3 is 7.05 Å². The normalized spacial score (nSPS) is 26.1. The zero-order chi connectivity index (χ0) is 11.4. The molecule has 2 N–H and O–H groups in total. The van der Waals surface area contributed by atoms with Crippen LogP contribution in [0.1, 0.15) is 25.7 Å². The van der Waals surface area contributed by atoms with E-state index in [9.17, 15) is 9.82 Å². The highest BCUT2D eigenvalue weighted by molar-refractivity contribution is 6.45. The molecule has 86 valence electrons. The van der Waals surface area contributed by atoms with E-state index in [2.05, 4.69) is 5.23 Å². The number of nitrogens with zero attached hydrogens (tertiary/aromatic N) is 1. The van der Waals surface area contributed by atoms with Crippen LogP contribution in [0.3, 0.4) is 0 Å². The third-order valence-corrected chi connectivity index (χ3v) is 2.99. The van der Waals surface area contributed by atoms with Crippen LogP contribution in [-0.4, -0.2) is 43.0 Å². The first-order chi connectivity index (χ1) is 7.00. The summed E-state index contributed by atoms with van der Waals surface area (Å²) in [5.41, 5.74) is 0. The molecule has 0 spiro atoms. The fourth-order valence-electron chi connectivity index (χ4n) is 2.21. The molecule has 0 aliphatic heterocycles. The molecule has 0 unspecified atom stereocenters. The second-order valence-corrected chi connectivity index (χ2v) is 4.62. The molecule has 5 heteroatoms. The van der Waals surface area contributed by atoms with Crippen molar-refractivity contribution in [2.45, 2.75) is 38.5 Å². The van der Waals surface area contributed by atoms with Crippen LogP contribution in [0.4, 0.5) is 0 Å².